The summed E-state index contributed by atoms with van der Waals surface area (Å²) in [7, 11) is 0. The highest BCUT2D eigenvalue weighted by atomic mass is 32.1. The minimum Gasteiger partial charge on any atom is -0.334 e. The van der Waals surface area contributed by atoms with E-state index in [0.717, 1.165) is 11.3 Å². The lowest BCUT2D eigenvalue weighted by Gasteiger charge is -2.24. The van der Waals surface area contributed by atoms with Crippen LogP contribution in [0.1, 0.15) is 25.1 Å². The molecule has 0 atom stereocenters. The monoisotopic (exact) mass is 360 g/mol. The zero-order valence-electron chi connectivity index (χ0n) is 14.8. The third-order valence-electron chi connectivity index (χ3n) is 3.36. The number of nitrogens with one attached hydrogen (secondary N) is 2. The fourth-order valence-corrected chi connectivity index (χ4v) is 2.99. The summed E-state index contributed by atoms with van der Waals surface area (Å²) in [6.07, 6.45) is 0. The summed E-state index contributed by atoms with van der Waals surface area (Å²) in [5, 5.41) is 8.04. The van der Waals surface area contributed by atoms with Gasteiger partial charge in [0, 0.05) is 18.5 Å². The Morgan fingerprint density at radius 3 is 2.56 bits per heavy atom. The van der Waals surface area contributed by atoms with Crippen molar-refractivity contribution in [3.05, 3.63) is 47.0 Å². The number of carbonyl (C=O) groups excluding carboxylic acids is 2. The van der Waals surface area contributed by atoms with Gasteiger partial charge in [-0.1, -0.05) is 44.2 Å². The standard InChI is InChI=1S/C18H24N4O2S/c1-13(2)10-22(11-16(23)21-17-20-14(3)12-25-17)18(24)19-9-15-7-5-4-6-8-15/h4-8,12-13H,9-11H2,1-3H3,(H,19,24)(H,20,21,23). The molecule has 0 bridgehead atoms. The molecule has 0 spiro atoms. The van der Waals surface area contributed by atoms with Gasteiger partial charge in [0.1, 0.15) is 6.54 Å². The Bertz CT molecular complexity index is 700. The van der Waals surface area contributed by atoms with Crippen molar-refractivity contribution >= 4 is 28.4 Å². The van der Waals surface area contributed by atoms with Crippen LogP contribution < -0.4 is 10.6 Å². The second-order valence-corrected chi connectivity index (χ2v) is 7.12. The Morgan fingerprint density at radius 2 is 1.96 bits per heavy atom. The van der Waals surface area contributed by atoms with E-state index in [1.54, 1.807) is 0 Å². The molecule has 0 aliphatic heterocycles. The van der Waals surface area contributed by atoms with Crippen molar-refractivity contribution in [3.63, 3.8) is 0 Å². The van der Waals surface area contributed by atoms with E-state index in [-0.39, 0.29) is 24.4 Å². The summed E-state index contributed by atoms with van der Waals surface area (Å²) in [5.41, 5.74) is 1.88. The Balaban J connectivity index is 1.92. The van der Waals surface area contributed by atoms with Gasteiger partial charge in [-0.2, -0.15) is 0 Å². The van der Waals surface area contributed by atoms with Gasteiger partial charge in [0.05, 0.1) is 5.69 Å². The van der Waals surface area contributed by atoms with Crippen molar-refractivity contribution in [2.24, 2.45) is 5.92 Å². The summed E-state index contributed by atoms with van der Waals surface area (Å²) < 4.78 is 0. The molecule has 0 saturated carbocycles. The highest BCUT2D eigenvalue weighted by Crippen LogP contribution is 2.14. The van der Waals surface area contributed by atoms with Crippen LogP contribution in [-0.2, 0) is 11.3 Å². The average molecular weight is 360 g/mol. The number of aryl methyl sites for hydroxylation is 1. The molecule has 0 fully saturated rings. The predicted octanol–water partition coefficient (Wildman–Crippen LogP) is 3.26. The molecule has 7 heteroatoms. The minimum atomic E-state index is -0.247. The number of benzene rings is 1. The first-order valence-electron chi connectivity index (χ1n) is 8.22. The molecule has 2 aromatic rings. The molecule has 6 nitrogen and oxygen atoms in total. The van der Waals surface area contributed by atoms with E-state index in [4.69, 9.17) is 0 Å². The lowest BCUT2D eigenvalue weighted by atomic mass is 10.2. The minimum absolute atomic E-state index is 0.00255. The number of urea groups is 1. The second-order valence-electron chi connectivity index (χ2n) is 6.26. The molecule has 1 heterocycles. The van der Waals surface area contributed by atoms with E-state index in [9.17, 15) is 9.59 Å². The number of carbonyl (C=O) groups is 2. The summed E-state index contributed by atoms with van der Waals surface area (Å²) in [6.45, 7) is 6.83. The average Bonchev–Trinajstić information content (AvgIpc) is 2.97. The van der Waals surface area contributed by atoms with E-state index in [1.165, 1.54) is 16.2 Å². The summed E-state index contributed by atoms with van der Waals surface area (Å²) in [6, 6.07) is 9.44. The molecule has 0 aliphatic carbocycles. The van der Waals surface area contributed by atoms with Crippen molar-refractivity contribution in [3.8, 4) is 0 Å². The number of hydrogen-bond donors (Lipinski definition) is 2. The van der Waals surface area contributed by atoms with Crippen LogP contribution in [0.5, 0.6) is 0 Å². The van der Waals surface area contributed by atoms with Crippen LogP contribution in [0.25, 0.3) is 0 Å². The molecule has 3 amide bonds. The number of nitrogens with zero attached hydrogens (tertiary/aromatic N) is 2. The molecule has 134 valence electrons. The predicted molar refractivity (Wildman–Crippen MR) is 101 cm³/mol. The zero-order chi connectivity index (χ0) is 18.2. The van der Waals surface area contributed by atoms with Gasteiger partial charge >= 0.3 is 6.03 Å². The van der Waals surface area contributed by atoms with Crippen LogP contribution in [0.2, 0.25) is 0 Å². The number of rotatable bonds is 7. The number of aromatic nitrogens is 1. The number of amides is 3. The van der Waals surface area contributed by atoms with Crippen LogP contribution in [0.4, 0.5) is 9.93 Å². The number of thiazole rings is 1. The first-order chi connectivity index (χ1) is 11.9. The van der Waals surface area contributed by atoms with Gasteiger partial charge in [0.2, 0.25) is 5.91 Å². The smallest absolute Gasteiger partial charge is 0.318 e. The molecular formula is C18H24N4O2S. The fourth-order valence-electron chi connectivity index (χ4n) is 2.29. The van der Waals surface area contributed by atoms with E-state index in [2.05, 4.69) is 15.6 Å². The highest BCUT2D eigenvalue weighted by Gasteiger charge is 2.18. The lowest BCUT2D eigenvalue weighted by Crippen LogP contribution is -2.45. The third-order valence-corrected chi connectivity index (χ3v) is 4.23. The van der Waals surface area contributed by atoms with E-state index in [0.29, 0.717) is 18.2 Å². The maximum absolute atomic E-state index is 12.5. The van der Waals surface area contributed by atoms with Crippen LogP contribution in [0.3, 0.4) is 0 Å². The van der Waals surface area contributed by atoms with Gasteiger partial charge in [0.25, 0.3) is 0 Å². The maximum Gasteiger partial charge on any atom is 0.318 e. The normalized spacial score (nSPS) is 10.6. The molecule has 0 saturated heterocycles. The zero-order valence-corrected chi connectivity index (χ0v) is 15.6. The van der Waals surface area contributed by atoms with Crippen LogP contribution in [0, 0.1) is 12.8 Å². The molecule has 2 N–H and O–H groups in total. The molecule has 1 aromatic heterocycles. The van der Waals surface area contributed by atoms with E-state index >= 15 is 0 Å². The molecule has 0 radical (unpaired) electrons. The maximum atomic E-state index is 12.5. The number of hydrogen-bond acceptors (Lipinski definition) is 4. The van der Waals surface area contributed by atoms with E-state index in [1.807, 2.05) is 56.5 Å². The summed E-state index contributed by atoms with van der Waals surface area (Å²) >= 11 is 1.37. The van der Waals surface area contributed by atoms with Crippen molar-refractivity contribution in [2.45, 2.75) is 27.3 Å². The Kier molecular flexibility index (Phi) is 6.94. The molecule has 2 rings (SSSR count). The molecule has 1 aromatic carbocycles. The van der Waals surface area contributed by atoms with E-state index < -0.39 is 0 Å². The fraction of sp³-hybridized carbons (Fsp3) is 0.389. The molecule has 25 heavy (non-hydrogen) atoms. The Hall–Kier alpha value is -2.41. The Labute approximate surface area is 152 Å². The van der Waals surface area contributed by atoms with Gasteiger partial charge < -0.3 is 15.5 Å². The van der Waals surface area contributed by atoms with Gasteiger partial charge in [-0.3, -0.25) is 4.79 Å². The van der Waals surface area contributed by atoms with Crippen LogP contribution in [-0.4, -0.2) is 34.9 Å². The second kappa shape index (κ2) is 9.17. The summed E-state index contributed by atoms with van der Waals surface area (Å²) in [5.74, 6) is 0.0160. The van der Waals surface area contributed by atoms with Gasteiger partial charge in [0.15, 0.2) is 5.13 Å². The molecule has 0 aliphatic rings. The Morgan fingerprint density at radius 1 is 1.24 bits per heavy atom. The molecule has 0 unspecified atom stereocenters. The summed E-state index contributed by atoms with van der Waals surface area (Å²) in [4.78, 5) is 30.4. The van der Waals surface area contributed by atoms with Crippen LogP contribution >= 0.6 is 11.3 Å². The first kappa shape index (κ1) is 18.9. The highest BCUT2D eigenvalue weighted by molar-refractivity contribution is 7.13. The van der Waals surface area contributed by atoms with Crippen molar-refractivity contribution in [2.75, 3.05) is 18.4 Å². The quantitative estimate of drug-likeness (QED) is 0.796. The van der Waals surface area contributed by atoms with Gasteiger partial charge in [-0.15, -0.1) is 11.3 Å². The van der Waals surface area contributed by atoms with Crippen molar-refractivity contribution in [1.29, 1.82) is 0 Å². The topological polar surface area (TPSA) is 74.3 Å². The first-order valence-corrected chi connectivity index (χ1v) is 9.10. The number of anilines is 1. The van der Waals surface area contributed by atoms with Crippen molar-refractivity contribution < 1.29 is 9.59 Å². The largest absolute Gasteiger partial charge is 0.334 e. The van der Waals surface area contributed by atoms with Crippen molar-refractivity contribution in [1.82, 2.24) is 15.2 Å². The lowest BCUT2D eigenvalue weighted by molar-refractivity contribution is -0.116. The third kappa shape index (κ3) is 6.54. The van der Waals surface area contributed by atoms with Crippen LogP contribution in [0.15, 0.2) is 35.7 Å². The molecular weight excluding hydrogens is 336 g/mol. The van der Waals surface area contributed by atoms with Gasteiger partial charge in [-0.05, 0) is 18.4 Å². The SMILES string of the molecule is Cc1csc(NC(=O)CN(CC(C)C)C(=O)NCc2ccccc2)n1. The van der Waals surface area contributed by atoms with Gasteiger partial charge in [-0.25, -0.2) is 9.78 Å².